The highest BCUT2D eigenvalue weighted by molar-refractivity contribution is 5.81. The van der Waals surface area contributed by atoms with Gasteiger partial charge in [0, 0.05) is 29.8 Å². The van der Waals surface area contributed by atoms with Crippen molar-refractivity contribution in [3.05, 3.63) is 48.2 Å². The number of nitrogens with one attached hydrogen (secondary N) is 1. The van der Waals surface area contributed by atoms with Gasteiger partial charge in [-0.05, 0) is 49.8 Å². The molecule has 1 amide bonds. The van der Waals surface area contributed by atoms with Gasteiger partial charge in [0.15, 0.2) is 0 Å². The number of aromatic nitrogens is 1. The molecule has 0 spiro atoms. The molecule has 1 aliphatic carbocycles. The minimum atomic E-state index is 0.163. The zero-order valence-electron chi connectivity index (χ0n) is 15.0. The molecule has 25 heavy (non-hydrogen) atoms. The van der Waals surface area contributed by atoms with Gasteiger partial charge < -0.3 is 10.1 Å². The smallest absolute Gasteiger partial charge is 0.223 e. The lowest BCUT2D eigenvalue weighted by Crippen LogP contribution is -2.35. The summed E-state index contributed by atoms with van der Waals surface area (Å²) in [5.74, 6) is 1.14. The van der Waals surface area contributed by atoms with Gasteiger partial charge in [0.1, 0.15) is 0 Å². The van der Waals surface area contributed by atoms with Crippen LogP contribution in [0.25, 0.3) is 11.1 Å². The number of pyridine rings is 1. The summed E-state index contributed by atoms with van der Waals surface area (Å²) in [5.41, 5.74) is 3.43. The fourth-order valence-corrected chi connectivity index (χ4v) is 2.79. The summed E-state index contributed by atoms with van der Waals surface area (Å²) in [6, 6.07) is 12.6. The summed E-state index contributed by atoms with van der Waals surface area (Å²) in [6.45, 7) is 4.83. The molecule has 1 aromatic heterocycles. The second kappa shape index (κ2) is 8.15. The molecule has 0 saturated heterocycles. The summed E-state index contributed by atoms with van der Waals surface area (Å²) < 4.78 is 5.52. The van der Waals surface area contributed by atoms with Gasteiger partial charge in [0.05, 0.1) is 6.61 Å². The summed E-state index contributed by atoms with van der Waals surface area (Å²) >= 11 is 0. The molecule has 1 heterocycles. The monoisotopic (exact) mass is 338 g/mol. The number of amides is 1. The van der Waals surface area contributed by atoms with Crippen molar-refractivity contribution in [1.82, 2.24) is 10.3 Å². The first-order valence-corrected chi connectivity index (χ1v) is 9.14. The first-order chi connectivity index (χ1) is 12.2. The van der Waals surface area contributed by atoms with E-state index in [1.54, 1.807) is 0 Å². The third-order valence-corrected chi connectivity index (χ3v) is 4.36. The van der Waals surface area contributed by atoms with Gasteiger partial charge in [-0.15, -0.1) is 0 Å². The molecular formula is C21H26N2O2. The molecule has 132 valence electrons. The lowest BCUT2D eigenvalue weighted by Gasteiger charge is -2.14. The van der Waals surface area contributed by atoms with Crippen LogP contribution in [0.5, 0.6) is 5.88 Å². The van der Waals surface area contributed by atoms with Crippen molar-refractivity contribution in [3.63, 3.8) is 0 Å². The fraction of sp³-hybridized carbons (Fsp3) is 0.429. The Morgan fingerprint density at radius 2 is 1.92 bits per heavy atom. The van der Waals surface area contributed by atoms with Crippen LogP contribution in [0.2, 0.25) is 0 Å². The van der Waals surface area contributed by atoms with E-state index in [0.717, 1.165) is 36.8 Å². The highest BCUT2D eigenvalue weighted by Gasteiger charge is 2.30. The van der Waals surface area contributed by atoms with E-state index in [1.807, 2.05) is 18.3 Å². The number of hydrogen-bond donors (Lipinski definition) is 1. The summed E-state index contributed by atoms with van der Waals surface area (Å²) in [6.07, 6.45) is 5.76. The van der Waals surface area contributed by atoms with Crippen LogP contribution >= 0.6 is 0 Å². The lowest BCUT2D eigenvalue weighted by atomic mass is 10.0. The molecule has 3 rings (SSSR count). The molecule has 1 aliphatic rings. The standard InChI is InChI=1S/C21H26N2O2/c1-3-12-25-20-11-10-19(14-22-20)17-6-4-16(5-7-17)13-15(2)23-21(24)18-8-9-18/h4-7,10-11,14-15,18H,3,8-9,12-13H2,1-2H3,(H,23,24). The Morgan fingerprint density at radius 3 is 2.52 bits per heavy atom. The van der Waals surface area contributed by atoms with E-state index in [2.05, 4.69) is 48.4 Å². The molecular weight excluding hydrogens is 312 g/mol. The third kappa shape index (κ3) is 5.05. The Labute approximate surface area is 149 Å². The summed E-state index contributed by atoms with van der Waals surface area (Å²) in [7, 11) is 0. The molecule has 0 bridgehead atoms. The maximum Gasteiger partial charge on any atom is 0.223 e. The maximum absolute atomic E-state index is 11.8. The second-order valence-electron chi connectivity index (χ2n) is 6.82. The number of nitrogens with zero attached hydrogens (tertiary/aromatic N) is 1. The van der Waals surface area contributed by atoms with Crippen LogP contribution in [0.1, 0.15) is 38.7 Å². The molecule has 1 fully saturated rings. The molecule has 4 nitrogen and oxygen atoms in total. The number of hydrogen-bond acceptors (Lipinski definition) is 3. The summed E-state index contributed by atoms with van der Waals surface area (Å²) in [4.78, 5) is 16.2. The lowest BCUT2D eigenvalue weighted by molar-refractivity contribution is -0.122. The highest BCUT2D eigenvalue weighted by Crippen LogP contribution is 2.29. The van der Waals surface area contributed by atoms with E-state index in [0.29, 0.717) is 12.5 Å². The molecule has 1 saturated carbocycles. The highest BCUT2D eigenvalue weighted by atomic mass is 16.5. The van der Waals surface area contributed by atoms with Crippen molar-refractivity contribution in [2.75, 3.05) is 6.61 Å². The minimum Gasteiger partial charge on any atom is -0.478 e. The molecule has 4 heteroatoms. The zero-order chi connectivity index (χ0) is 17.6. The predicted molar refractivity (Wildman–Crippen MR) is 99.5 cm³/mol. The van der Waals surface area contributed by atoms with Gasteiger partial charge in [-0.25, -0.2) is 4.98 Å². The van der Waals surface area contributed by atoms with E-state index in [1.165, 1.54) is 5.56 Å². The number of carbonyl (C=O) groups excluding carboxylic acids is 1. The average Bonchev–Trinajstić information content (AvgIpc) is 3.46. The van der Waals surface area contributed by atoms with Crippen LogP contribution in [0, 0.1) is 5.92 Å². The first kappa shape index (κ1) is 17.5. The van der Waals surface area contributed by atoms with E-state index in [9.17, 15) is 4.79 Å². The van der Waals surface area contributed by atoms with Crippen LogP contribution in [-0.2, 0) is 11.2 Å². The molecule has 1 atom stereocenters. The fourth-order valence-electron chi connectivity index (χ4n) is 2.79. The van der Waals surface area contributed by atoms with Gasteiger partial charge in [0.2, 0.25) is 11.8 Å². The summed E-state index contributed by atoms with van der Waals surface area (Å²) in [5, 5.41) is 3.10. The molecule has 1 N–H and O–H groups in total. The number of rotatable bonds is 8. The number of ether oxygens (including phenoxy) is 1. The zero-order valence-corrected chi connectivity index (χ0v) is 15.0. The Morgan fingerprint density at radius 1 is 1.20 bits per heavy atom. The van der Waals surface area contributed by atoms with Crippen LogP contribution in [0.3, 0.4) is 0 Å². The maximum atomic E-state index is 11.8. The van der Waals surface area contributed by atoms with E-state index >= 15 is 0 Å². The second-order valence-corrected chi connectivity index (χ2v) is 6.82. The predicted octanol–water partition coefficient (Wildman–Crippen LogP) is 3.99. The van der Waals surface area contributed by atoms with E-state index in [-0.39, 0.29) is 17.9 Å². The normalized spacial score (nSPS) is 14.8. The van der Waals surface area contributed by atoms with E-state index < -0.39 is 0 Å². The molecule has 0 aliphatic heterocycles. The minimum absolute atomic E-state index is 0.163. The molecule has 0 radical (unpaired) electrons. The number of benzene rings is 1. The van der Waals surface area contributed by atoms with Crippen molar-refractivity contribution in [2.24, 2.45) is 5.92 Å². The first-order valence-electron chi connectivity index (χ1n) is 9.14. The Bertz CT molecular complexity index is 691. The topological polar surface area (TPSA) is 51.2 Å². The average molecular weight is 338 g/mol. The van der Waals surface area contributed by atoms with Crippen LogP contribution in [0.15, 0.2) is 42.6 Å². The Kier molecular flexibility index (Phi) is 5.69. The van der Waals surface area contributed by atoms with Crippen molar-refractivity contribution in [1.29, 1.82) is 0 Å². The van der Waals surface area contributed by atoms with Crippen LogP contribution < -0.4 is 10.1 Å². The number of carbonyl (C=O) groups is 1. The third-order valence-electron chi connectivity index (χ3n) is 4.36. The van der Waals surface area contributed by atoms with Gasteiger partial charge in [0.25, 0.3) is 0 Å². The van der Waals surface area contributed by atoms with Crippen LogP contribution in [-0.4, -0.2) is 23.5 Å². The van der Waals surface area contributed by atoms with E-state index in [4.69, 9.17) is 4.74 Å². The molecule has 1 unspecified atom stereocenters. The Balaban J connectivity index is 1.56. The Hall–Kier alpha value is -2.36. The van der Waals surface area contributed by atoms with Crippen LogP contribution in [0.4, 0.5) is 0 Å². The quantitative estimate of drug-likeness (QED) is 0.791. The molecule has 1 aromatic carbocycles. The van der Waals surface area contributed by atoms with Crippen molar-refractivity contribution < 1.29 is 9.53 Å². The van der Waals surface area contributed by atoms with Crippen molar-refractivity contribution in [2.45, 2.75) is 45.6 Å². The van der Waals surface area contributed by atoms with Gasteiger partial charge in [-0.2, -0.15) is 0 Å². The van der Waals surface area contributed by atoms with Crippen molar-refractivity contribution in [3.8, 4) is 17.0 Å². The molecule has 2 aromatic rings. The van der Waals surface area contributed by atoms with Gasteiger partial charge >= 0.3 is 0 Å². The van der Waals surface area contributed by atoms with Crippen molar-refractivity contribution >= 4 is 5.91 Å². The largest absolute Gasteiger partial charge is 0.478 e. The van der Waals surface area contributed by atoms with Gasteiger partial charge in [-0.1, -0.05) is 31.2 Å². The SMILES string of the molecule is CCCOc1ccc(-c2ccc(CC(C)NC(=O)C3CC3)cc2)cn1. The van der Waals surface area contributed by atoms with Gasteiger partial charge in [-0.3, -0.25) is 4.79 Å².